The Balaban J connectivity index is 1.23. The fourth-order valence-electron chi connectivity index (χ4n) is 6.54. The topological polar surface area (TPSA) is 148 Å². The van der Waals surface area contributed by atoms with Gasteiger partial charge in [-0.15, -0.1) is 0 Å². The molecule has 13 nitrogen and oxygen atoms in total. The molecule has 1 heterocycles. The zero-order valence-electron chi connectivity index (χ0n) is 28.9. The van der Waals surface area contributed by atoms with Crippen LogP contribution < -0.4 is 0 Å². The van der Waals surface area contributed by atoms with Gasteiger partial charge in [-0.25, -0.2) is 4.79 Å². The molecule has 0 bridgehead atoms. The molecule has 280 valence electrons. The molecule has 4 rings (SSSR count). The number of alkyl halides is 3. The molecule has 0 aromatic heterocycles. The smallest absolute Gasteiger partial charge is 0.428 e. The molecule has 16 heteroatoms. The van der Waals surface area contributed by atoms with Crippen molar-refractivity contribution < 1.29 is 55.8 Å². The lowest BCUT2D eigenvalue weighted by Crippen LogP contribution is -2.51. The first-order valence-electron chi connectivity index (χ1n) is 16.9. The normalized spacial score (nSPS) is 15.2. The number of nitrogens with zero attached hydrogens (tertiary/aromatic N) is 4. The number of likely N-dealkylation sites (tertiary alicyclic amines) is 1. The van der Waals surface area contributed by atoms with Crippen LogP contribution in [0.1, 0.15) is 54.4 Å². The molecule has 0 radical (unpaired) electrons. The van der Waals surface area contributed by atoms with Gasteiger partial charge >= 0.3 is 18.3 Å². The van der Waals surface area contributed by atoms with Crippen molar-refractivity contribution in [2.75, 3.05) is 46.6 Å². The zero-order valence-corrected chi connectivity index (χ0v) is 28.9. The number of quaternary nitrogens is 2. The molecule has 1 fully saturated rings. The number of benzene rings is 3. The van der Waals surface area contributed by atoms with E-state index >= 15 is 0 Å². The van der Waals surface area contributed by atoms with Crippen molar-refractivity contribution >= 4 is 23.5 Å². The van der Waals surface area contributed by atoms with E-state index in [1.54, 1.807) is 24.3 Å². The first kappa shape index (κ1) is 39.7. The number of nitro groups is 2. The summed E-state index contributed by atoms with van der Waals surface area (Å²) in [5, 5.41) is 22.1. The summed E-state index contributed by atoms with van der Waals surface area (Å²) in [6, 6.07) is 17.2. The highest BCUT2D eigenvalue weighted by Gasteiger charge is 2.32. The number of halogens is 3. The first-order chi connectivity index (χ1) is 24.7. The van der Waals surface area contributed by atoms with Gasteiger partial charge in [0, 0.05) is 47.4 Å². The van der Waals surface area contributed by atoms with Crippen molar-refractivity contribution in [1.82, 2.24) is 0 Å². The first-order valence-corrected chi connectivity index (χ1v) is 16.9. The molecule has 3 aromatic carbocycles. The summed E-state index contributed by atoms with van der Waals surface area (Å²) < 4.78 is 55.4. The van der Waals surface area contributed by atoms with E-state index in [0.717, 1.165) is 66.6 Å². The van der Waals surface area contributed by atoms with Gasteiger partial charge in [0.15, 0.2) is 0 Å². The van der Waals surface area contributed by atoms with Gasteiger partial charge in [0.2, 0.25) is 6.79 Å². The number of carbonyl (C=O) groups excluding carboxylic acids is 2. The molecule has 0 aliphatic carbocycles. The maximum Gasteiger partial charge on any atom is 0.511 e. The Morgan fingerprint density at radius 2 is 1.29 bits per heavy atom. The number of ether oxygens (including phenoxy) is 3. The van der Waals surface area contributed by atoms with Crippen LogP contribution in [-0.4, -0.2) is 77.6 Å². The van der Waals surface area contributed by atoms with E-state index < -0.39 is 40.5 Å². The molecular formula is C36H43F3N4O9+2. The second-order valence-electron chi connectivity index (χ2n) is 13.4. The second kappa shape index (κ2) is 17.9. The van der Waals surface area contributed by atoms with Crippen molar-refractivity contribution in [3.05, 3.63) is 115 Å². The zero-order chi connectivity index (χ0) is 37.8. The summed E-state index contributed by atoms with van der Waals surface area (Å²) in [5.41, 5.74) is 1.50. The van der Waals surface area contributed by atoms with E-state index in [2.05, 4.69) is 0 Å². The lowest BCUT2D eigenvalue weighted by molar-refractivity contribution is -0.945. The number of hydrogen-bond donors (Lipinski definition) is 0. The SMILES string of the molecule is C[N+](CCOC(=O)OCOC(=O)CCC[N+]1(Cc2ccc([N+](=O)[O-])cc2)CCCCC1)(Cc1ccc([N+](=O)[O-])cc1)Cc1ccc(C(F)(F)F)cc1. The maximum absolute atomic E-state index is 13.1. The number of nitro benzene ring substituents is 2. The van der Waals surface area contributed by atoms with Gasteiger partial charge in [0.05, 0.1) is 48.5 Å². The van der Waals surface area contributed by atoms with Gasteiger partial charge in [-0.2, -0.15) is 13.2 Å². The predicted molar refractivity (Wildman–Crippen MR) is 181 cm³/mol. The lowest BCUT2D eigenvalue weighted by Gasteiger charge is -2.41. The number of hydrogen-bond acceptors (Lipinski definition) is 9. The highest BCUT2D eigenvalue weighted by Crippen LogP contribution is 2.30. The van der Waals surface area contributed by atoms with Gasteiger partial charge in [-0.1, -0.05) is 12.1 Å². The summed E-state index contributed by atoms with van der Waals surface area (Å²) in [6.45, 7) is 3.34. The maximum atomic E-state index is 13.1. The summed E-state index contributed by atoms with van der Waals surface area (Å²) in [5.74, 6) is -0.540. The Bertz CT molecular complexity index is 1660. The monoisotopic (exact) mass is 732 g/mol. The highest BCUT2D eigenvalue weighted by atomic mass is 19.4. The van der Waals surface area contributed by atoms with Gasteiger partial charge in [-0.05, 0) is 55.7 Å². The van der Waals surface area contributed by atoms with Crippen LogP contribution in [0.25, 0.3) is 0 Å². The third-order valence-electron chi connectivity index (χ3n) is 9.25. The lowest BCUT2D eigenvalue weighted by atomic mass is 10.0. The number of carbonyl (C=O) groups is 2. The van der Waals surface area contributed by atoms with E-state index in [1.165, 1.54) is 36.4 Å². The van der Waals surface area contributed by atoms with Crippen LogP contribution in [0.4, 0.5) is 29.3 Å². The van der Waals surface area contributed by atoms with Crippen LogP contribution in [0.15, 0.2) is 72.8 Å². The van der Waals surface area contributed by atoms with Crippen LogP contribution in [-0.2, 0) is 44.8 Å². The molecule has 1 atom stereocenters. The highest BCUT2D eigenvalue weighted by molar-refractivity contribution is 5.69. The van der Waals surface area contributed by atoms with Gasteiger partial charge in [0.25, 0.3) is 11.4 Å². The third kappa shape index (κ3) is 12.3. The van der Waals surface area contributed by atoms with Gasteiger partial charge in [0.1, 0.15) is 32.8 Å². The van der Waals surface area contributed by atoms with E-state index in [9.17, 15) is 43.0 Å². The van der Waals surface area contributed by atoms with E-state index in [-0.39, 0.29) is 42.0 Å². The Kier molecular flexibility index (Phi) is 13.7. The summed E-state index contributed by atoms with van der Waals surface area (Å²) in [4.78, 5) is 45.9. The van der Waals surface area contributed by atoms with Crippen LogP contribution in [0.5, 0.6) is 0 Å². The minimum atomic E-state index is -4.48. The molecular weight excluding hydrogens is 689 g/mol. The van der Waals surface area contributed by atoms with Crippen LogP contribution in [0, 0.1) is 20.2 Å². The molecule has 1 aliphatic rings. The fraction of sp³-hybridized carbons (Fsp3) is 0.444. The minimum absolute atomic E-state index is 0.0387. The number of rotatable bonds is 17. The van der Waals surface area contributed by atoms with E-state index in [0.29, 0.717) is 25.1 Å². The van der Waals surface area contributed by atoms with Crippen molar-refractivity contribution in [3.63, 3.8) is 0 Å². The average Bonchev–Trinajstić information content (AvgIpc) is 3.09. The summed E-state index contributed by atoms with van der Waals surface area (Å²) in [7, 11) is 1.82. The number of non-ortho nitro benzene ring substituents is 2. The standard InChI is InChI=1S/C36H43F3N4O9/c1-42(25-29-9-15-32(16-10-29)40(46)47,24-28-7-13-31(14-8-28)36(37,38)39)22-23-50-35(45)52-27-51-34(44)6-5-21-43(19-3-2-4-20-43)26-30-11-17-33(18-12-30)41(48)49/h7-18H,2-6,19-27H2,1H3/q+2. The third-order valence-corrected chi connectivity index (χ3v) is 9.25. The molecule has 52 heavy (non-hydrogen) atoms. The summed E-state index contributed by atoms with van der Waals surface area (Å²) >= 11 is 0. The Morgan fingerprint density at radius 1 is 0.769 bits per heavy atom. The fourth-order valence-corrected chi connectivity index (χ4v) is 6.54. The van der Waals surface area contributed by atoms with Crippen LogP contribution in [0.3, 0.4) is 0 Å². The van der Waals surface area contributed by atoms with Crippen LogP contribution in [0.2, 0.25) is 0 Å². The van der Waals surface area contributed by atoms with Crippen molar-refractivity contribution in [1.29, 1.82) is 0 Å². The van der Waals surface area contributed by atoms with Crippen LogP contribution >= 0.6 is 0 Å². The quantitative estimate of drug-likeness (QED) is 0.0458. The van der Waals surface area contributed by atoms with E-state index in [1.807, 2.05) is 7.05 Å². The van der Waals surface area contributed by atoms with E-state index in [4.69, 9.17) is 14.2 Å². The Morgan fingerprint density at radius 3 is 1.81 bits per heavy atom. The minimum Gasteiger partial charge on any atom is -0.428 e. The average molecular weight is 733 g/mol. The molecule has 0 saturated carbocycles. The molecule has 3 aromatic rings. The number of likely N-dealkylation sites (N-methyl/N-ethyl adjacent to an activating group) is 1. The molecule has 0 spiro atoms. The largest absolute Gasteiger partial charge is 0.511 e. The van der Waals surface area contributed by atoms with Gasteiger partial charge in [-0.3, -0.25) is 25.0 Å². The molecule has 1 saturated heterocycles. The molecule has 0 N–H and O–H groups in total. The Hall–Kier alpha value is -5.09. The predicted octanol–water partition coefficient (Wildman–Crippen LogP) is 7.30. The second-order valence-corrected chi connectivity index (χ2v) is 13.4. The molecule has 1 unspecified atom stereocenters. The number of piperidine rings is 1. The molecule has 0 amide bonds. The molecule has 1 aliphatic heterocycles. The van der Waals surface area contributed by atoms with Gasteiger partial charge < -0.3 is 23.2 Å². The van der Waals surface area contributed by atoms with Crippen molar-refractivity contribution in [2.24, 2.45) is 0 Å². The number of esters is 1. The van der Waals surface area contributed by atoms with Crippen molar-refractivity contribution in [3.8, 4) is 0 Å². The van der Waals surface area contributed by atoms with Crippen molar-refractivity contribution in [2.45, 2.75) is 57.9 Å². The summed E-state index contributed by atoms with van der Waals surface area (Å²) in [6.07, 6.45) is -1.65. The Labute approximate surface area is 299 Å².